The molecule has 38 heavy (non-hydrogen) atoms. The predicted octanol–water partition coefficient (Wildman–Crippen LogP) is 6.19. The lowest BCUT2D eigenvalue weighted by molar-refractivity contribution is -0.136. The number of fused-ring (bicyclic) bond motifs is 1. The van der Waals surface area contributed by atoms with Crippen LogP contribution in [0.15, 0.2) is 78.2 Å². The molecule has 4 rings (SSSR count). The number of hydrogen-bond donors (Lipinski definition) is 1. The van der Waals surface area contributed by atoms with Crippen molar-refractivity contribution in [2.24, 2.45) is 5.73 Å². The number of nitrogens with two attached hydrogens (primary N) is 1. The summed E-state index contributed by atoms with van der Waals surface area (Å²) in [5.74, 6) is 1.35. The van der Waals surface area contributed by atoms with Crippen molar-refractivity contribution < 1.29 is 23.7 Å². The molecule has 3 aromatic rings. The normalized spacial score (nSPS) is 14.3. The molecule has 0 fully saturated rings. The molecule has 0 saturated heterocycles. The molecule has 1 aliphatic rings. The summed E-state index contributed by atoms with van der Waals surface area (Å²) in [6, 6.07) is 22.5. The Hall–Kier alpha value is -4.44. The van der Waals surface area contributed by atoms with Crippen molar-refractivity contribution in [3.63, 3.8) is 0 Å². The molecule has 7 heteroatoms. The van der Waals surface area contributed by atoms with Gasteiger partial charge >= 0.3 is 5.97 Å². The lowest BCUT2D eigenvalue weighted by Crippen LogP contribution is -2.22. The van der Waals surface area contributed by atoms with Crippen LogP contribution in [0.5, 0.6) is 23.0 Å². The Kier molecular flexibility index (Phi) is 8.55. The van der Waals surface area contributed by atoms with Crippen LogP contribution in [-0.4, -0.2) is 19.2 Å². The van der Waals surface area contributed by atoms with E-state index in [1.165, 1.54) is 5.56 Å². The molecular weight excluding hydrogens is 480 g/mol. The quantitative estimate of drug-likeness (QED) is 0.196. The van der Waals surface area contributed by atoms with Gasteiger partial charge in [-0.25, -0.2) is 4.79 Å². The second-order valence-corrected chi connectivity index (χ2v) is 9.35. The molecule has 0 spiro atoms. The van der Waals surface area contributed by atoms with Gasteiger partial charge in [0.2, 0.25) is 5.88 Å². The first kappa shape index (κ1) is 26.6. The molecule has 7 nitrogen and oxygen atoms in total. The summed E-state index contributed by atoms with van der Waals surface area (Å²) < 4.78 is 22.9. The molecule has 3 aromatic carbocycles. The van der Waals surface area contributed by atoms with Crippen molar-refractivity contribution in [3.05, 3.63) is 94.9 Å². The van der Waals surface area contributed by atoms with Crippen LogP contribution in [0, 0.1) is 11.3 Å². The molecule has 196 valence electrons. The molecule has 1 unspecified atom stereocenters. The SMILES string of the molecule is CCCCOc1ccccc1C1C(C#N)=C(N)Oc2cc(OC(=O)COc3ccc(C(C)C)cc3)ccc21. The Morgan fingerprint density at radius 2 is 1.76 bits per heavy atom. The van der Waals surface area contributed by atoms with E-state index >= 15 is 0 Å². The van der Waals surface area contributed by atoms with Crippen LogP contribution >= 0.6 is 0 Å². The van der Waals surface area contributed by atoms with Crippen molar-refractivity contribution in [1.29, 1.82) is 5.26 Å². The van der Waals surface area contributed by atoms with Crippen molar-refractivity contribution in [3.8, 4) is 29.1 Å². The number of nitrogens with zero attached hydrogens (tertiary/aromatic N) is 1. The number of ether oxygens (including phenoxy) is 4. The van der Waals surface area contributed by atoms with Crippen LogP contribution in [0.1, 0.15) is 62.1 Å². The van der Waals surface area contributed by atoms with Gasteiger partial charge in [0.25, 0.3) is 0 Å². The zero-order chi connectivity index (χ0) is 27.1. The molecule has 0 aliphatic carbocycles. The summed E-state index contributed by atoms with van der Waals surface area (Å²) in [5, 5.41) is 9.90. The third kappa shape index (κ3) is 6.09. The molecule has 0 aromatic heterocycles. The van der Waals surface area contributed by atoms with Gasteiger partial charge in [0.05, 0.1) is 12.5 Å². The highest BCUT2D eigenvalue weighted by Crippen LogP contribution is 2.45. The minimum atomic E-state index is -0.554. The first-order valence-corrected chi connectivity index (χ1v) is 12.8. The third-order valence-electron chi connectivity index (χ3n) is 6.31. The van der Waals surface area contributed by atoms with Crippen LogP contribution in [0.4, 0.5) is 0 Å². The monoisotopic (exact) mass is 512 g/mol. The van der Waals surface area contributed by atoms with E-state index in [9.17, 15) is 10.1 Å². The van der Waals surface area contributed by atoms with Crippen molar-refractivity contribution in [2.45, 2.75) is 45.4 Å². The second kappa shape index (κ2) is 12.2. The molecule has 1 heterocycles. The van der Waals surface area contributed by atoms with Crippen LogP contribution in [0.25, 0.3) is 0 Å². The number of carbonyl (C=O) groups excluding carboxylic acids is 1. The van der Waals surface area contributed by atoms with E-state index < -0.39 is 11.9 Å². The highest BCUT2D eigenvalue weighted by atomic mass is 16.6. The van der Waals surface area contributed by atoms with Gasteiger partial charge in [-0.05, 0) is 42.2 Å². The maximum Gasteiger partial charge on any atom is 0.349 e. The van der Waals surface area contributed by atoms with Gasteiger partial charge in [0, 0.05) is 17.2 Å². The molecule has 1 atom stereocenters. The maximum atomic E-state index is 12.5. The molecule has 0 radical (unpaired) electrons. The zero-order valence-corrected chi connectivity index (χ0v) is 21.9. The predicted molar refractivity (Wildman–Crippen MR) is 144 cm³/mol. The van der Waals surface area contributed by atoms with Crippen molar-refractivity contribution >= 4 is 5.97 Å². The highest BCUT2D eigenvalue weighted by molar-refractivity contribution is 5.74. The second-order valence-electron chi connectivity index (χ2n) is 9.35. The van der Waals surface area contributed by atoms with E-state index in [-0.39, 0.29) is 18.2 Å². The Bertz CT molecular complexity index is 1360. The molecular formula is C31H32N2O5. The number of esters is 1. The first-order valence-electron chi connectivity index (χ1n) is 12.8. The van der Waals surface area contributed by atoms with Crippen LogP contribution in [-0.2, 0) is 4.79 Å². The van der Waals surface area contributed by atoms with Gasteiger partial charge in [-0.2, -0.15) is 5.26 Å². The van der Waals surface area contributed by atoms with Crippen molar-refractivity contribution in [1.82, 2.24) is 0 Å². The minimum Gasteiger partial charge on any atom is -0.493 e. The maximum absolute atomic E-state index is 12.5. The minimum absolute atomic E-state index is 0.00464. The van der Waals surface area contributed by atoms with E-state index in [0.29, 0.717) is 35.3 Å². The van der Waals surface area contributed by atoms with Crippen LogP contribution < -0.4 is 24.7 Å². The van der Waals surface area contributed by atoms with Crippen molar-refractivity contribution in [2.75, 3.05) is 13.2 Å². The van der Waals surface area contributed by atoms with Gasteiger partial charge in [-0.15, -0.1) is 0 Å². The fraction of sp³-hybridized carbons (Fsp3) is 0.290. The lowest BCUT2D eigenvalue weighted by atomic mass is 9.83. The van der Waals surface area contributed by atoms with Gasteiger partial charge in [0.15, 0.2) is 6.61 Å². The smallest absolute Gasteiger partial charge is 0.349 e. The number of rotatable bonds is 10. The number of para-hydroxylation sites is 1. The van der Waals surface area contributed by atoms with Gasteiger partial charge in [-0.1, -0.05) is 63.6 Å². The largest absolute Gasteiger partial charge is 0.493 e. The van der Waals surface area contributed by atoms with E-state index in [0.717, 1.165) is 24.0 Å². The Balaban J connectivity index is 1.52. The van der Waals surface area contributed by atoms with Crippen LogP contribution in [0.2, 0.25) is 0 Å². The van der Waals surface area contributed by atoms with Crippen LogP contribution in [0.3, 0.4) is 0 Å². The highest BCUT2D eigenvalue weighted by Gasteiger charge is 2.33. The van der Waals surface area contributed by atoms with E-state index in [2.05, 4.69) is 26.8 Å². The number of unbranched alkanes of at least 4 members (excludes halogenated alkanes) is 1. The fourth-order valence-electron chi connectivity index (χ4n) is 4.25. The van der Waals surface area contributed by atoms with E-state index in [1.807, 2.05) is 48.5 Å². The third-order valence-corrected chi connectivity index (χ3v) is 6.31. The number of allylic oxidation sites excluding steroid dienone is 1. The summed E-state index contributed by atoms with van der Waals surface area (Å²) in [6.45, 7) is 6.65. The van der Waals surface area contributed by atoms with Gasteiger partial charge in [-0.3, -0.25) is 0 Å². The van der Waals surface area contributed by atoms with E-state index in [4.69, 9.17) is 24.7 Å². The Morgan fingerprint density at radius 3 is 2.47 bits per heavy atom. The Morgan fingerprint density at radius 1 is 1.03 bits per heavy atom. The molecule has 0 bridgehead atoms. The van der Waals surface area contributed by atoms with Gasteiger partial charge < -0.3 is 24.7 Å². The molecule has 0 amide bonds. The summed E-state index contributed by atoms with van der Waals surface area (Å²) >= 11 is 0. The summed E-state index contributed by atoms with van der Waals surface area (Å²) in [5.41, 5.74) is 9.19. The lowest BCUT2D eigenvalue weighted by Gasteiger charge is -2.28. The average Bonchev–Trinajstić information content (AvgIpc) is 2.92. The average molecular weight is 513 g/mol. The number of benzene rings is 3. The van der Waals surface area contributed by atoms with E-state index in [1.54, 1.807) is 18.2 Å². The first-order chi connectivity index (χ1) is 18.4. The summed E-state index contributed by atoms with van der Waals surface area (Å²) in [6.07, 6.45) is 1.93. The number of nitriles is 1. The fourth-order valence-corrected chi connectivity index (χ4v) is 4.25. The Labute approximate surface area is 223 Å². The number of carbonyl (C=O) groups is 1. The topological polar surface area (TPSA) is 104 Å². The molecule has 1 aliphatic heterocycles. The molecule has 2 N–H and O–H groups in total. The van der Waals surface area contributed by atoms with Gasteiger partial charge in [0.1, 0.15) is 34.6 Å². The summed E-state index contributed by atoms with van der Waals surface area (Å²) in [7, 11) is 0. The molecule has 0 saturated carbocycles. The number of hydrogen-bond acceptors (Lipinski definition) is 7. The standard InChI is InChI=1S/C31H32N2O5/c1-4-5-16-35-27-9-7-6-8-24(27)30-25-15-14-23(17-28(25)38-31(33)26(30)18-32)37-29(34)19-36-22-12-10-21(11-13-22)20(2)3/h6-15,17,20,30H,4-5,16,19,33H2,1-3H3. The summed E-state index contributed by atoms with van der Waals surface area (Å²) in [4.78, 5) is 12.5. The zero-order valence-electron chi connectivity index (χ0n) is 21.9.